The van der Waals surface area contributed by atoms with E-state index in [0.29, 0.717) is 0 Å². The molecule has 1 saturated carbocycles. The first-order valence-corrected chi connectivity index (χ1v) is 8.40. The van der Waals surface area contributed by atoms with Crippen LogP contribution in [0.2, 0.25) is 0 Å². The zero-order chi connectivity index (χ0) is 15.1. The predicted octanol–water partition coefficient (Wildman–Crippen LogP) is 1.87. The SMILES string of the molecule is COc1ccc2c3c1OC1C(O)CCC4(CC2)N(C)CCC314. The van der Waals surface area contributed by atoms with Crippen molar-refractivity contribution in [3.05, 3.63) is 23.3 Å². The van der Waals surface area contributed by atoms with Crippen LogP contribution in [0.15, 0.2) is 12.1 Å². The molecule has 2 heterocycles. The zero-order valence-electron chi connectivity index (χ0n) is 13.3. The molecule has 2 fully saturated rings. The molecule has 1 spiro atoms. The Labute approximate surface area is 131 Å². The molecule has 0 aromatic heterocycles. The predicted molar refractivity (Wildman–Crippen MR) is 82.6 cm³/mol. The fourth-order valence-electron chi connectivity index (χ4n) is 6.08. The van der Waals surface area contributed by atoms with Crippen LogP contribution in [0, 0.1) is 0 Å². The van der Waals surface area contributed by atoms with E-state index in [1.807, 2.05) is 6.07 Å². The van der Waals surface area contributed by atoms with Crippen molar-refractivity contribution in [2.45, 2.75) is 55.3 Å². The van der Waals surface area contributed by atoms with Gasteiger partial charge in [-0.25, -0.2) is 0 Å². The van der Waals surface area contributed by atoms with Crippen LogP contribution in [0.3, 0.4) is 0 Å². The highest BCUT2D eigenvalue weighted by atomic mass is 16.5. The molecule has 0 amide bonds. The van der Waals surface area contributed by atoms with Gasteiger partial charge in [0.1, 0.15) is 6.10 Å². The van der Waals surface area contributed by atoms with Crippen LogP contribution in [0.4, 0.5) is 0 Å². The highest BCUT2D eigenvalue weighted by Gasteiger charge is 2.71. The summed E-state index contributed by atoms with van der Waals surface area (Å²) in [6.45, 7) is 1.09. The van der Waals surface area contributed by atoms with Gasteiger partial charge >= 0.3 is 0 Å². The Morgan fingerprint density at radius 3 is 3.00 bits per heavy atom. The lowest BCUT2D eigenvalue weighted by atomic mass is 9.52. The average molecular weight is 301 g/mol. The van der Waals surface area contributed by atoms with Crippen molar-refractivity contribution in [2.75, 3.05) is 20.7 Å². The van der Waals surface area contributed by atoms with Gasteiger partial charge in [0.05, 0.1) is 18.6 Å². The molecule has 2 aliphatic carbocycles. The third-order valence-corrected chi connectivity index (χ3v) is 7.02. The molecule has 118 valence electrons. The summed E-state index contributed by atoms with van der Waals surface area (Å²) >= 11 is 0. The van der Waals surface area contributed by atoms with E-state index in [-0.39, 0.29) is 23.2 Å². The first-order valence-electron chi connectivity index (χ1n) is 8.40. The molecule has 1 aromatic rings. The molecule has 4 unspecified atom stereocenters. The second kappa shape index (κ2) is 3.98. The lowest BCUT2D eigenvalue weighted by molar-refractivity contribution is -0.0843. The van der Waals surface area contributed by atoms with Gasteiger partial charge in [-0.15, -0.1) is 0 Å². The molecule has 4 nitrogen and oxygen atoms in total. The smallest absolute Gasteiger partial charge is 0.166 e. The van der Waals surface area contributed by atoms with Crippen LogP contribution >= 0.6 is 0 Å². The number of hydrogen-bond acceptors (Lipinski definition) is 4. The molecule has 22 heavy (non-hydrogen) atoms. The van der Waals surface area contributed by atoms with Gasteiger partial charge in [0.15, 0.2) is 11.5 Å². The quantitative estimate of drug-likeness (QED) is 0.860. The van der Waals surface area contributed by atoms with Gasteiger partial charge in [-0.3, -0.25) is 4.90 Å². The second-order valence-electron chi connectivity index (χ2n) is 7.45. The fraction of sp³-hybridized carbons (Fsp3) is 0.667. The summed E-state index contributed by atoms with van der Waals surface area (Å²) in [6, 6.07) is 4.24. The van der Waals surface area contributed by atoms with Crippen LogP contribution in [0.1, 0.15) is 36.8 Å². The van der Waals surface area contributed by atoms with E-state index in [9.17, 15) is 5.11 Å². The number of benzene rings is 1. The molecule has 0 radical (unpaired) electrons. The Morgan fingerprint density at radius 2 is 2.18 bits per heavy atom. The summed E-state index contributed by atoms with van der Waals surface area (Å²) in [5.74, 6) is 1.73. The molecule has 1 aromatic carbocycles. The molecule has 0 bridgehead atoms. The summed E-state index contributed by atoms with van der Waals surface area (Å²) in [6.07, 6.45) is 4.78. The minimum atomic E-state index is -0.373. The monoisotopic (exact) mass is 301 g/mol. The Kier molecular flexibility index (Phi) is 2.39. The van der Waals surface area contributed by atoms with Gasteiger partial charge in [-0.05, 0) is 57.3 Å². The van der Waals surface area contributed by atoms with Crippen molar-refractivity contribution in [1.29, 1.82) is 0 Å². The Balaban J connectivity index is 1.84. The standard InChI is InChI=1S/C18H23NO3/c1-19-10-9-18-14-11-3-4-13(21-2)15(14)22-16(18)12(20)6-8-17(18,19)7-5-11/h3-4,12,16,20H,5-10H2,1-2H3. The largest absolute Gasteiger partial charge is 0.493 e. The van der Waals surface area contributed by atoms with E-state index < -0.39 is 0 Å². The number of ether oxygens (including phenoxy) is 2. The molecule has 4 atom stereocenters. The molecule has 4 aliphatic rings. The molecule has 1 N–H and O–H groups in total. The minimum Gasteiger partial charge on any atom is -0.493 e. The first-order chi connectivity index (χ1) is 10.6. The maximum absolute atomic E-state index is 10.7. The number of hydrogen-bond donors (Lipinski definition) is 1. The summed E-state index contributed by atoms with van der Waals surface area (Å²) in [4.78, 5) is 2.55. The van der Waals surface area contributed by atoms with Crippen LogP contribution < -0.4 is 9.47 Å². The molecular weight excluding hydrogens is 278 g/mol. The molecule has 1 saturated heterocycles. The van der Waals surface area contributed by atoms with E-state index >= 15 is 0 Å². The Morgan fingerprint density at radius 1 is 1.32 bits per heavy atom. The van der Waals surface area contributed by atoms with Gasteiger partial charge in [-0.1, -0.05) is 6.07 Å². The van der Waals surface area contributed by atoms with E-state index in [0.717, 1.165) is 43.7 Å². The van der Waals surface area contributed by atoms with Gasteiger partial charge in [0.25, 0.3) is 0 Å². The molecular formula is C18H23NO3. The van der Waals surface area contributed by atoms with Crippen LogP contribution in [-0.2, 0) is 11.8 Å². The van der Waals surface area contributed by atoms with Crippen LogP contribution in [-0.4, -0.2) is 48.5 Å². The van der Waals surface area contributed by atoms with Gasteiger partial charge in [-0.2, -0.15) is 0 Å². The van der Waals surface area contributed by atoms with Crippen molar-refractivity contribution in [1.82, 2.24) is 4.90 Å². The van der Waals surface area contributed by atoms with Crippen molar-refractivity contribution in [3.63, 3.8) is 0 Å². The normalized spacial score (nSPS) is 41.8. The summed E-state index contributed by atoms with van der Waals surface area (Å²) in [7, 11) is 3.96. The number of aliphatic hydroxyl groups excluding tert-OH is 1. The van der Waals surface area contributed by atoms with Gasteiger partial charge < -0.3 is 14.6 Å². The third-order valence-electron chi connectivity index (χ3n) is 7.02. The minimum absolute atomic E-state index is 0.0448. The highest BCUT2D eigenvalue weighted by molar-refractivity contribution is 5.62. The number of rotatable bonds is 1. The number of nitrogens with zero attached hydrogens (tertiary/aromatic N) is 1. The average Bonchev–Trinajstić information content (AvgIpc) is 3.05. The van der Waals surface area contributed by atoms with Gasteiger partial charge in [0, 0.05) is 11.1 Å². The van der Waals surface area contributed by atoms with Crippen molar-refractivity contribution in [2.24, 2.45) is 0 Å². The Bertz CT molecular complexity index is 660. The number of likely N-dealkylation sites (N-methyl/N-ethyl adjacent to an activating group) is 1. The number of aryl methyl sites for hydroxylation is 1. The van der Waals surface area contributed by atoms with Crippen molar-refractivity contribution >= 4 is 0 Å². The Hall–Kier alpha value is -1.26. The van der Waals surface area contributed by atoms with E-state index in [1.54, 1.807) is 7.11 Å². The topological polar surface area (TPSA) is 41.9 Å². The van der Waals surface area contributed by atoms with Crippen molar-refractivity contribution in [3.8, 4) is 11.5 Å². The molecule has 4 heteroatoms. The van der Waals surface area contributed by atoms with Gasteiger partial charge in [0.2, 0.25) is 0 Å². The third kappa shape index (κ3) is 1.18. The van der Waals surface area contributed by atoms with E-state index in [4.69, 9.17) is 9.47 Å². The lowest BCUT2D eigenvalue weighted by Gasteiger charge is -2.56. The highest BCUT2D eigenvalue weighted by Crippen LogP contribution is 2.67. The molecule has 5 rings (SSSR count). The summed E-state index contributed by atoms with van der Waals surface area (Å²) in [5, 5.41) is 10.7. The molecule has 2 aliphatic heterocycles. The second-order valence-corrected chi connectivity index (χ2v) is 7.45. The maximum atomic E-state index is 10.7. The number of likely N-dealkylation sites (tertiary alicyclic amines) is 1. The summed E-state index contributed by atoms with van der Waals surface area (Å²) < 4.78 is 11.9. The lowest BCUT2D eigenvalue weighted by Crippen LogP contribution is -2.66. The van der Waals surface area contributed by atoms with Crippen LogP contribution in [0.25, 0.3) is 0 Å². The zero-order valence-corrected chi connectivity index (χ0v) is 13.3. The number of methoxy groups -OCH3 is 1. The van der Waals surface area contributed by atoms with Crippen LogP contribution in [0.5, 0.6) is 11.5 Å². The van der Waals surface area contributed by atoms with E-state index in [2.05, 4.69) is 18.0 Å². The maximum Gasteiger partial charge on any atom is 0.166 e. The number of aliphatic hydroxyl groups is 1. The first kappa shape index (κ1) is 13.2. The van der Waals surface area contributed by atoms with Crippen molar-refractivity contribution < 1.29 is 14.6 Å². The van der Waals surface area contributed by atoms with E-state index in [1.165, 1.54) is 17.5 Å². The summed E-state index contributed by atoms with van der Waals surface area (Å²) in [5.41, 5.74) is 2.86. The fourth-order valence-corrected chi connectivity index (χ4v) is 6.08.